The van der Waals surface area contributed by atoms with Gasteiger partial charge in [-0.05, 0) is 35.9 Å². The van der Waals surface area contributed by atoms with E-state index in [-0.39, 0.29) is 11.7 Å². The van der Waals surface area contributed by atoms with E-state index in [1.807, 2.05) is 0 Å². The van der Waals surface area contributed by atoms with Crippen LogP contribution in [0.4, 0.5) is 10.1 Å². The average Bonchev–Trinajstić information content (AvgIpc) is 2.38. The second-order valence-corrected chi connectivity index (χ2v) is 3.62. The summed E-state index contributed by atoms with van der Waals surface area (Å²) in [5.41, 5.74) is 1.25. The lowest BCUT2D eigenvalue weighted by Gasteiger charge is -2.00. The fraction of sp³-hybridized carbons (Fsp3) is 0. The molecule has 0 fully saturated rings. The van der Waals surface area contributed by atoms with Crippen LogP contribution in [0.25, 0.3) is 6.08 Å². The molecule has 0 bridgehead atoms. The van der Waals surface area contributed by atoms with E-state index in [1.165, 1.54) is 18.2 Å². The molecule has 1 N–H and O–H groups in total. The number of amides is 1. The van der Waals surface area contributed by atoms with Crippen LogP contribution < -0.4 is 5.32 Å². The smallest absolute Gasteiger partial charge is 0.248 e. The van der Waals surface area contributed by atoms with Gasteiger partial charge < -0.3 is 5.32 Å². The monoisotopic (exact) mass is 242 g/mol. The Bertz CT molecular complexity index is 567. The van der Waals surface area contributed by atoms with Crippen LogP contribution in [0.1, 0.15) is 5.56 Å². The zero-order chi connectivity index (χ0) is 12.8. The predicted molar refractivity (Wildman–Crippen MR) is 68.3 cm³/mol. The number of anilines is 1. The number of rotatable bonds is 3. The van der Waals surface area contributed by atoms with Gasteiger partial charge in [0.05, 0.1) is 11.9 Å². The topological polar surface area (TPSA) is 42.0 Å². The number of carbonyl (C=O) groups excluding carboxylic acids is 1. The Kier molecular flexibility index (Phi) is 3.81. The molecule has 1 aromatic heterocycles. The SMILES string of the molecule is O=C(/C=C/c1cccc(F)c1)Nc1cccnc1. The number of carbonyl (C=O) groups is 1. The molecular weight excluding hydrogens is 231 g/mol. The van der Waals surface area contributed by atoms with Gasteiger partial charge in [0.25, 0.3) is 0 Å². The number of hydrogen-bond donors (Lipinski definition) is 1. The Morgan fingerprint density at radius 3 is 2.89 bits per heavy atom. The van der Waals surface area contributed by atoms with Gasteiger partial charge in [-0.3, -0.25) is 9.78 Å². The van der Waals surface area contributed by atoms with E-state index in [0.717, 1.165) is 0 Å². The number of benzene rings is 1. The number of pyridine rings is 1. The van der Waals surface area contributed by atoms with Crippen LogP contribution in [0.5, 0.6) is 0 Å². The highest BCUT2D eigenvalue weighted by atomic mass is 19.1. The molecule has 1 aromatic carbocycles. The molecule has 0 aliphatic carbocycles. The van der Waals surface area contributed by atoms with Gasteiger partial charge in [0.1, 0.15) is 5.82 Å². The standard InChI is InChI=1S/C14H11FN2O/c15-12-4-1-3-11(9-12)6-7-14(18)17-13-5-2-8-16-10-13/h1-10H,(H,17,18)/b7-6+. The largest absolute Gasteiger partial charge is 0.321 e. The maximum atomic E-state index is 12.9. The highest BCUT2D eigenvalue weighted by molar-refractivity contribution is 6.01. The lowest BCUT2D eigenvalue weighted by atomic mass is 10.2. The van der Waals surface area contributed by atoms with Gasteiger partial charge in [-0.2, -0.15) is 0 Å². The van der Waals surface area contributed by atoms with Crippen molar-refractivity contribution in [2.24, 2.45) is 0 Å². The normalized spacial score (nSPS) is 10.5. The van der Waals surface area contributed by atoms with Gasteiger partial charge in [0.2, 0.25) is 5.91 Å². The van der Waals surface area contributed by atoms with Crippen molar-refractivity contribution in [3.05, 3.63) is 66.2 Å². The van der Waals surface area contributed by atoms with Crippen molar-refractivity contribution >= 4 is 17.7 Å². The third-order valence-electron chi connectivity index (χ3n) is 2.20. The highest BCUT2D eigenvalue weighted by Crippen LogP contribution is 2.06. The van der Waals surface area contributed by atoms with E-state index in [9.17, 15) is 9.18 Å². The van der Waals surface area contributed by atoms with Gasteiger partial charge in [0, 0.05) is 12.3 Å². The number of hydrogen-bond acceptors (Lipinski definition) is 2. The Balaban J connectivity index is 1.99. The molecule has 0 aliphatic rings. The molecule has 18 heavy (non-hydrogen) atoms. The summed E-state index contributed by atoms with van der Waals surface area (Å²) in [6.45, 7) is 0. The molecule has 4 heteroatoms. The maximum Gasteiger partial charge on any atom is 0.248 e. The average molecular weight is 242 g/mol. The highest BCUT2D eigenvalue weighted by Gasteiger charge is 1.97. The number of aromatic nitrogens is 1. The molecule has 0 unspecified atom stereocenters. The Labute approximate surface area is 104 Å². The molecule has 0 radical (unpaired) electrons. The van der Waals surface area contributed by atoms with E-state index < -0.39 is 0 Å². The summed E-state index contributed by atoms with van der Waals surface area (Å²) in [7, 11) is 0. The number of nitrogens with one attached hydrogen (secondary N) is 1. The fourth-order valence-corrected chi connectivity index (χ4v) is 1.40. The molecule has 0 spiro atoms. The van der Waals surface area contributed by atoms with Gasteiger partial charge in [-0.15, -0.1) is 0 Å². The van der Waals surface area contributed by atoms with Crippen LogP contribution in [-0.2, 0) is 4.79 Å². The molecule has 3 nitrogen and oxygen atoms in total. The molecule has 0 atom stereocenters. The fourth-order valence-electron chi connectivity index (χ4n) is 1.40. The van der Waals surface area contributed by atoms with Gasteiger partial charge >= 0.3 is 0 Å². The number of halogens is 1. The quantitative estimate of drug-likeness (QED) is 0.841. The summed E-state index contributed by atoms with van der Waals surface area (Å²) in [6, 6.07) is 9.48. The van der Waals surface area contributed by atoms with Crippen molar-refractivity contribution in [3.8, 4) is 0 Å². The van der Waals surface area contributed by atoms with Crippen LogP contribution in [0, 0.1) is 5.82 Å². The Hall–Kier alpha value is -2.49. The molecule has 1 amide bonds. The maximum absolute atomic E-state index is 12.9. The summed E-state index contributed by atoms with van der Waals surface area (Å²) >= 11 is 0. The molecule has 1 heterocycles. The molecule has 0 saturated carbocycles. The van der Waals surface area contributed by atoms with Crippen molar-refractivity contribution in [2.45, 2.75) is 0 Å². The second kappa shape index (κ2) is 5.72. The van der Waals surface area contributed by atoms with Gasteiger partial charge in [0.15, 0.2) is 0 Å². The van der Waals surface area contributed by atoms with Crippen molar-refractivity contribution < 1.29 is 9.18 Å². The van der Waals surface area contributed by atoms with Crippen molar-refractivity contribution in [1.82, 2.24) is 4.98 Å². The number of nitrogens with zero attached hydrogens (tertiary/aromatic N) is 1. The first-order valence-electron chi connectivity index (χ1n) is 5.39. The molecule has 90 valence electrons. The molecule has 0 aliphatic heterocycles. The third kappa shape index (κ3) is 3.52. The summed E-state index contributed by atoms with van der Waals surface area (Å²) in [5.74, 6) is -0.614. The third-order valence-corrected chi connectivity index (χ3v) is 2.20. The zero-order valence-electron chi connectivity index (χ0n) is 9.51. The van der Waals surface area contributed by atoms with Crippen molar-refractivity contribution in [3.63, 3.8) is 0 Å². The van der Waals surface area contributed by atoms with Crippen molar-refractivity contribution in [1.29, 1.82) is 0 Å². The molecule has 2 rings (SSSR count). The first kappa shape index (κ1) is 12.0. The second-order valence-electron chi connectivity index (χ2n) is 3.62. The van der Waals surface area contributed by atoms with E-state index in [1.54, 1.807) is 42.7 Å². The minimum Gasteiger partial charge on any atom is -0.321 e. The first-order chi connectivity index (χ1) is 8.74. The first-order valence-corrected chi connectivity index (χ1v) is 5.39. The van der Waals surface area contributed by atoms with Crippen LogP contribution in [-0.4, -0.2) is 10.9 Å². The summed E-state index contributed by atoms with van der Waals surface area (Å²) in [4.78, 5) is 15.4. The van der Waals surface area contributed by atoms with Crippen LogP contribution >= 0.6 is 0 Å². The van der Waals surface area contributed by atoms with E-state index in [2.05, 4.69) is 10.3 Å². The molecule has 0 saturated heterocycles. The Morgan fingerprint density at radius 2 is 2.17 bits per heavy atom. The molecular formula is C14H11FN2O. The van der Waals surface area contributed by atoms with E-state index >= 15 is 0 Å². The molecule has 2 aromatic rings. The van der Waals surface area contributed by atoms with Crippen LogP contribution in [0.2, 0.25) is 0 Å². The lowest BCUT2D eigenvalue weighted by Crippen LogP contribution is -2.07. The Morgan fingerprint density at radius 1 is 1.28 bits per heavy atom. The summed E-state index contributed by atoms with van der Waals surface area (Å²) in [6.07, 6.45) is 6.07. The van der Waals surface area contributed by atoms with Gasteiger partial charge in [-0.1, -0.05) is 12.1 Å². The zero-order valence-corrected chi connectivity index (χ0v) is 9.51. The summed E-state index contributed by atoms with van der Waals surface area (Å²) < 4.78 is 12.9. The van der Waals surface area contributed by atoms with Crippen molar-refractivity contribution in [2.75, 3.05) is 5.32 Å². The van der Waals surface area contributed by atoms with E-state index in [0.29, 0.717) is 11.3 Å². The lowest BCUT2D eigenvalue weighted by molar-refractivity contribution is -0.111. The van der Waals surface area contributed by atoms with Crippen LogP contribution in [0.3, 0.4) is 0 Å². The van der Waals surface area contributed by atoms with E-state index in [4.69, 9.17) is 0 Å². The summed E-state index contributed by atoms with van der Waals surface area (Å²) in [5, 5.41) is 2.64. The minimum absolute atomic E-state index is 0.285. The van der Waals surface area contributed by atoms with Gasteiger partial charge in [-0.25, -0.2) is 4.39 Å². The predicted octanol–water partition coefficient (Wildman–Crippen LogP) is 2.87. The van der Waals surface area contributed by atoms with Crippen LogP contribution in [0.15, 0.2) is 54.9 Å². The minimum atomic E-state index is -0.329.